The summed E-state index contributed by atoms with van der Waals surface area (Å²) in [5.41, 5.74) is 0. The topological polar surface area (TPSA) is 96.6 Å². The quantitative estimate of drug-likeness (QED) is 0.830. The van der Waals surface area contributed by atoms with Gasteiger partial charge in [-0.2, -0.15) is 4.72 Å². The van der Waals surface area contributed by atoms with Crippen LogP contribution in [0.15, 0.2) is 15.4 Å². The summed E-state index contributed by atoms with van der Waals surface area (Å²) >= 11 is 0. The van der Waals surface area contributed by atoms with Crippen molar-refractivity contribution in [2.24, 2.45) is 5.92 Å². The Bertz CT molecular complexity index is 559. The number of carboxylic acids is 1. The first-order chi connectivity index (χ1) is 8.63. The first kappa shape index (κ1) is 15.7. The molecule has 0 aromatic carbocycles. The van der Waals surface area contributed by atoms with Gasteiger partial charge in [0.05, 0.1) is 0 Å². The van der Waals surface area contributed by atoms with E-state index in [4.69, 9.17) is 9.52 Å². The maximum absolute atomic E-state index is 12.1. The maximum Gasteiger partial charge on any atom is 0.321 e. The molecule has 1 atom stereocenters. The highest BCUT2D eigenvalue weighted by molar-refractivity contribution is 7.89. The third kappa shape index (κ3) is 4.07. The van der Waals surface area contributed by atoms with E-state index in [0.29, 0.717) is 5.76 Å². The van der Waals surface area contributed by atoms with E-state index in [9.17, 15) is 13.2 Å². The fourth-order valence-electron chi connectivity index (χ4n) is 1.80. The average Bonchev–Trinajstić information content (AvgIpc) is 2.56. The smallest absolute Gasteiger partial charge is 0.321 e. The predicted octanol–water partition coefficient (Wildman–Crippen LogP) is 1.67. The minimum absolute atomic E-state index is 0.0139. The van der Waals surface area contributed by atoms with Gasteiger partial charge in [-0.25, -0.2) is 8.42 Å². The van der Waals surface area contributed by atoms with Crippen molar-refractivity contribution in [2.75, 3.05) is 0 Å². The largest absolute Gasteiger partial charge is 0.480 e. The molecule has 1 aromatic rings. The average molecular weight is 289 g/mol. The lowest BCUT2D eigenvalue weighted by molar-refractivity contribution is -0.139. The number of carbonyl (C=O) groups is 1. The minimum atomic E-state index is -3.88. The third-order valence-electron chi connectivity index (χ3n) is 2.59. The highest BCUT2D eigenvalue weighted by atomic mass is 32.2. The summed E-state index contributed by atoms with van der Waals surface area (Å²) in [5, 5.41) is 9.06. The molecule has 0 bridgehead atoms. The molecular formula is C12H19NO5S. The molecule has 1 rings (SSSR count). The molecule has 1 unspecified atom stereocenters. The monoisotopic (exact) mass is 289 g/mol. The van der Waals surface area contributed by atoms with Crippen LogP contribution in [-0.2, 0) is 14.8 Å². The summed E-state index contributed by atoms with van der Waals surface area (Å²) in [6.45, 7) is 6.82. The van der Waals surface area contributed by atoms with Gasteiger partial charge in [0, 0.05) is 0 Å². The SMILES string of the molecule is Cc1cc(S(=O)(=O)NC(CC(C)C)C(=O)O)c(C)o1. The summed E-state index contributed by atoms with van der Waals surface area (Å²) < 4.78 is 31.6. The summed E-state index contributed by atoms with van der Waals surface area (Å²) in [6.07, 6.45) is 0.227. The highest BCUT2D eigenvalue weighted by Gasteiger charge is 2.28. The van der Waals surface area contributed by atoms with Crippen molar-refractivity contribution in [1.82, 2.24) is 4.72 Å². The van der Waals surface area contributed by atoms with E-state index in [1.807, 2.05) is 13.8 Å². The Labute approximate surface area is 112 Å². The molecule has 7 heteroatoms. The maximum atomic E-state index is 12.1. The zero-order chi connectivity index (χ0) is 14.8. The van der Waals surface area contributed by atoms with E-state index in [-0.39, 0.29) is 23.0 Å². The van der Waals surface area contributed by atoms with E-state index >= 15 is 0 Å². The number of nitrogens with one attached hydrogen (secondary N) is 1. The molecule has 0 aliphatic heterocycles. The lowest BCUT2D eigenvalue weighted by Crippen LogP contribution is -2.41. The molecule has 108 valence electrons. The Morgan fingerprint density at radius 1 is 1.42 bits per heavy atom. The number of hydrogen-bond donors (Lipinski definition) is 2. The van der Waals surface area contributed by atoms with Crippen LogP contribution in [0, 0.1) is 19.8 Å². The molecule has 19 heavy (non-hydrogen) atoms. The first-order valence-electron chi connectivity index (χ1n) is 5.95. The Morgan fingerprint density at radius 3 is 2.37 bits per heavy atom. The molecule has 0 aliphatic rings. The third-order valence-corrected chi connectivity index (χ3v) is 4.17. The van der Waals surface area contributed by atoms with E-state index in [1.165, 1.54) is 13.0 Å². The highest BCUT2D eigenvalue weighted by Crippen LogP contribution is 2.20. The van der Waals surface area contributed by atoms with Crippen LogP contribution in [0.25, 0.3) is 0 Å². The molecular weight excluding hydrogens is 270 g/mol. The van der Waals surface area contributed by atoms with Crippen LogP contribution in [0.5, 0.6) is 0 Å². The van der Waals surface area contributed by atoms with Crippen molar-refractivity contribution in [2.45, 2.75) is 45.1 Å². The fourth-order valence-corrected chi connectivity index (χ4v) is 3.24. The van der Waals surface area contributed by atoms with Gasteiger partial charge in [0.2, 0.25) is 10.0 Å². The summed E-state index contributed by atoms with van der Waals surface area (Å²) in [7, 11) is -3.88. The zero-order valence-electron chi connectivity index (χ0n) is 11.4. The van der Waals surface area contributed by atoms with Gasteiger partial charge in [-0.3, -0.25) is 4.79 Å². The summed E-state index contributed by atoms with van der Waals surface area (Å²) in [6, 6.07) is 0.242. The summed E-state index contributed by atoms with van der Waals surface area (Å²) in [4.78, 5) is 11.1. The minimum Gasteiger partial charge on any atom is -0.480 e. The molecule has 0 saturated heterocycles. The Hall–Kier alpha value is -1.34. The second kappa shape index (κ2) is 5.75. The van der Waals surface area contributed by atoms with E-state index in [2.05, 4.69) is 4.72 Å². The second-order valence-corrected chi connectivity index (χ2v) is 6.60. The standard InChI is InChI=1S/C12H19NO5S/c1-7(2)5-10(12(14)15)13-19(16,17)11-6-8(3)18-9(11)4/h6-7,10,13H,5H2,1-4H3,(H,14,15). The normalized spacial score (nSPS) is 13.7. The van der Waals surface area contributed by atoms with Gasteiger partial charge in [0.25, 0.3) is 0 Å². The fraction of sp³-hybridized carbons (Fsp3) is 0.583. The van der Waals surface area contributed by atoms with Crippen molar-refractivity contribution < 1.29 is 22.7 Å². The molecule has 0 saturated carbocycles. The van der Waals surface area contributed by atoms with Crippen molar-refractivity contribution >= 4 is 16.0 Å². The molecule has 0 spiro atoms. The molecule has 0 aliphatic carbocycles. The van der Waals surface area contributed by atoms with Gasteiger partial charge >= 0.3 is 5.97 Å². The first-order valence-corrected chi connectivity index (χ1v) is 7.44. The molecule has 0 fully saturated rings. The summed E-state index contributed by atoms with van der Waals surface area (Å²) in [5.74, 6) is -0.404. The number of aliphatic carboxylic acids is 1. The van der Waals surface area contributed by atoms with Crippen molar-refractivity contribution in [3.05, 3.63) is 17.6 Å². The molecule has 1 aromatic heterocycles. The van der Waals surface area contributed by atoms with Crippen LogP contribution < -0.4 is 4.72 Å². The molecule has 0 amide bonds. The Morgan fingerprint density at radius 2 is 2.00 bits per heavy atom. The lowest BCUT2D eigenvalue weighted by Gasteiger charge is -2.16. The van der Waals surface area contributed by atoms with Crippen LogP contribution in [0.3, 0.4) is 0 Å². The molecule has 2 N–H and O–H groups in total. The van der Waals surface area contributed by atoms with Crippen LogP contribution in [0.1, 0.15) is 31.8 Å². The molecule has 0 radical (unpaired) electrons. The number of rotatable bonds is 6. The van der Waals surface area contributed by atoms with Gasteiger partial charge in [-0.15, -0.1) is 0 Å². The van der Waals surface area contributed by atoms with Gasteiger partial charge in [0.1, 0.15) is 22.5 Å². The van der Waals surface area contributed by atoms with Crippen molar-refractivity contribution in [1.29, 1.82) is 0 Å². The number of carboxylic acid groups (broad SMARTS) is 1. The zero-order valence-corrected chi connectivity index (χ0v) is 12.2. The Kier molecular flexibility index (Phi) is 4.75. The van der Waals surface area contributed by atoms with Crippen molar-refractivity contribution in [3.8, 4) is 0 Å². The van der Waals surface area contributed by atoms with E-state index < -0.39 is 22.0 Å². The van der Waals surface area contributed by atoms with Gasteiger partial charge in [-0.1, -0.05) is 13.8 Å². The lowest BCUT2D eigenvalue weighted by atomic mass is 10.1. The van der Waals surface area contributed by atoms with Gasteiger partial charge < -0.3 is 9.52 Å². The van der Waals surface area contributed by atoms with Crippen LogP contribution in [0.2, 0.25) is 0 Å². The Balaban J connectivity index is 3.01. The number of aryl methyl sites for hydroxylation is 2. The van der Waals surface area contributed by atoms with Crippen molar-refractivity contribution in [3.63, 3.8) is 0 Å². The van der Waals surface area contributed by atoms with E-state index in [1.54, 1.807) is 6.92 Å². The number of hydrogen-bond acceptors (Lipinski definition) is 4. The number of furan rings is 1. The van der Waals surface area contributed by atoms with E-state index in [0.717, 1.165) is 0 Å². The number of sulfonamides is 1. The predicted molar refractivity (Wildman–Crippen MR) is 69.4 cm³/mol. The molecule has 6 nitrogen and oxygen atoms in total. The van der Waals surface area contributed by atoms with Crippen LogP contribution >= 0.6 is 0 Å². The second-order valence-electron chi connectivity index (χ2n) is 4.92. The van der Waals surface area contributed by atoms with Gasteiger partial charge in [0.15, 0.2) is 0 Å². The van der Waals surface area contributed by atoms with Gasteiger partial charge in [-0.05, 0) is 32.3 Å². The van der Waals surface area contributed by atoms with Crippen LogP contribution in [0.4, 0.5) is 0 Å². The molecule has 1 heterocycles. The van der Waals surface area contributed by atoms with Crippen LogP contribution in [-0.4, -0.2) is 25.5 Å².